The van der Waals surface area contributed by atoms with Gasteiger partial charge in [0.05, 0.1) is 12.6 Å². The maximum absolute atomic E-state index is 5.16. The lowest BCUT2D eigenvalue weighted by Gasteiger charge is -2.18. The number of likely N-dealkylation sites (tertiary alicyclic amines) is 1. The van der Waals surface area contributed by atoms with E-state index in [2.05, 4.69) is 27.3 Å². The fourth-order valence-corrected chi connectivity index (χ4v) is 2.12. The van der Waals surface area contributed by atoms with Crippen molar-refractivity contribution in [1.29, 1.82) is 0 Å². The van der Waals surface area contributed by atoms with Gasteiger partial charge in [-0.25, -0.2) is 0 Å². The minimum absolute atomic E-state index is 0.365. The van der Waals surface area contributed by atoms with E-state index in [1.807, 2.05) is 7.05 Å². The lowest BCUT2D eigenvalue weighted by molar-refractivity contribution is 0.254. The quantitative estimate of drug-likeness (QED) is 0.801. The van der Waals surface area contributed by atoms with Gasteiger partial charge < -0.3 is 9.84 Å². The van der Waals surface area contributed by atoms with Gasteiger partial charge in [0.2, 0.25) is 5.89 Å². The Bertz CT molecular complexity index is 312. The van der Waals surface area contributed by atoms with E-state index in [0.29, 0.717) is 18.5 Å². The minimum atomic E-state index is 0.365. The molecule has 1 unspecified atom stereocenters. The molecule has 1 aliphatic rings. The summed E-state index contributed by atoms with van der Waals surface area (Å²) in [5.41, 5.74) is 0. The summed E-state index contributed by atoms with van der Waals surface area (Å²) >= 11 is 0. The summed E-state index contributed by atoms with van der Waals surface area (Å²) in [6, 6.07) is 0.365. The highest BCUT2D eigenvalue weighted by Gasteiger charge is 2.28. The molecule has 1 aliphatic heterocycles. The standard InChI is InChI=1S/C10H18N4O/c1-3-14-6-4-5-8(14)10-12-9(7-11-2)15-13-10/h8,11H,3-7H2,1-2H3. The summed E-state index contributed by atoms with van der Waals surface area (Å²) in [6.07, 6.45) is 2.38. The average molecular weight is 210 g/mol. The van der Waals surface area contributed by atoms with Crippen LogP contribution in [0.1, 0.15) is 37.5 Å². The molecular formula is C10H18N4O. The van der Waals surface area contributed by atoms with Crippen LogP contribution in [0.25, 0.3) is 0 Å². The Kier molecular flexibility index (Phi) is 3.33. The second-order valence-corrected chi connectivity index (χ2v) is 3.86. The van der Waals surface area contributed by atoms with Crippen LogP contribution in [0.4, 0.5) is 0 Å². The van der Waals surface area contributed by atoms with Gasteiger partial charge in [0, 0.05) is 0 Å². The summed E-state index contributed by atoms with van der Waals surface area (Å²) in [7, 11) is 1.87. The molecule has 0 aliphatic carbocycles. The van der Waals surface area contributed by atoms with Gasteiger partial charge in [0.25, 0.3) is 0 Å². The maximum Gasteiger partial charge on any atom is 0.240 e. The fourth-order valence-electron chi connectivity index (χ4n) is 2.12. The largest absolute Gasteiger partial charge is 0.338 e. The predicted octanol–water partition coefficient (Wildman–Crippen LogP) is 0.946. The first kappa shape index (κ1) is 10.6. The molecule has 0 spiro atoms. The monoisotopic (exact) mass is 210 g/mol. The fraction of sp³-hybridized carbons (Fsp3) is 0.800. The van der Waals surface area contributed by atoms with Gasteiger partial charge in [0.15, 0.2) is 5.82 Å². The van der Waals surface area contributed by atoms with Gasteiger partial charge in [0.1, 0.15) is 0 Å². The minimum Gasteiger partial charge on any atom is -0.338 e. The molecule has 1 aromatic rings. The zero-order chi connectivity index (χ0) is 10.7. The molecule has 1 aromatic heterocycles. The third-order valence-corrected chi connectivity index (χ3v) is 2.88. The summed E-state index contributed by atoms with van der Waals surface area (Å²) < 4.78 is 5.16. The van der Waals surface area contributed by atoms with Gasteiger partial charge in [-0.2, -0.15) is 4.98 Å². The van der Waals surface area contributed by atoms with Crippen LogP contribution < -0.4 is 5.32 Å². The third-order valence-electron chi connectivity index (χ3n) is 2.88. The number of hydrogen-bond acceptors (Lipinski definition) is 5. The molecule has 0 amide bonds. The van der Waals surface area contributed by atoms with Crippen LogP contribution in [0.5, 0.6) is 0 Å². The smallest absolute Gasteiger partial charge is 0.240 e. The molecule has 15 heavy (non-hydrogen) atoms. The summed E-state index contributed by atoms with van der Waals surface area (Å²) in [4.78, 5) is 6.80. The van der Waals surface area contributed by atoms with Crippen molar-refractivity contribution in [2.75, 3.05) is 20.1 Å². The first-order chi connectivity index (χ1) is 7.35. The highest BCUT2D eigenvalue weighted by Crippen LogP contribution is 2.29. The van der Waals surface area contributed by atoms with Crippen LogP contribution in [0.2, 0.25) is 0 Å². The number of hydrogen-bond donors (Lipinski definition) is 1. The topological polar surface area (TPSA) is 54.2 Å². The Morgan fingerprint density at radius 1 is 1.60 bits per heavy atom. The van der Waals surface area contributed by atoms with Crippen molar-refractivity contribution in [2.24, 2.45) is 0 Å². The van der Waals surface area contributed by atoms with E-state index in [4.69, 9.17) is 4.52 Å². The molecule has 0 aromatic carbocycles. The summed E-state index contributed by atoms with van der Waals surface area (Å²) in [5.74, 6) is 1.52. The second kappa shape index (κ2) is 4.72. The molecule has 5 nitrogen and oxygen atoms in total. The summed E-state index contributed by atoms with van der Waals surface area (Å²) in [5, 5.41) is 7.05. The highest BCUT2D eigenvalue weighted by atomic mass is 16.5. The first-order valence-corrected chi connectivity index (χ1v) is 5.56. The van der Waals surface area contributed by atoms with Crippen LogP contribution in [0.15, 0.2) is 4.52 Å². The van der Waals surface area contributed by atoms with Crippen LogP contribution in [0.3, 0.4) is 0 Å². The zero-order valence-corrected chi connectivity index (χ0v) is 9.36. The van der Waals surface area contributed by atoms with Crippen molar-refractivity contribution >= 4 is 0 Å². The SMILES string of the molecule is CCN1CCCC1c1noc(CNC)n1. The van der Waals surface area contributed by atoms with Crippen molar-refractivity contribution < 1.29 is 4.52 Å². The molecule has 1 fully saturated rings. The van der Waals surface area contributed by atoms with E-state index in [1.165, 1.54) is 6.42 Å². The van der Waals surface area contributed by atoms with Gasteiger partial charge >= 0.3 is 0 Å². The molecule has 1 N–H and O–H groups in total. The van der Waals surface area contributed by atoms with Crippen molar-refractivity contribution in [3.63, 3.8) is 0 Å². The van der Waals surface area contributed by atoms with E-state index in [1.54, 1.807) is 0 Å². The van der Waals surface area contributed by atoms with Crippen molar-refractivity contribution in [3.8, 4) is 0 Å². The number of nitrogens with zero attached hydrogens (tertiary/aromatic N) is 3. The number of rotatable bonds is 4. The molecule has 0 bridgehead atoms. The van der Waals surface area contributed by atoms with Gasteiger partial charge in [-0.3, -0.25) is 4.90 Å². The van der Waals surface area contributed by atoms with Gasteiger partial charge in [-0.1, -0.05) is 12.1 Å². The van der Waals surface area contributed by atoms with Crippen LogP contribution in [-0.2, 0) is 6.54 Å². The number of nitrogens with one attached hydrogen (secondary N) is 1. The van der Waals surface area contributed by atoms with Gasteiger partial charge in [-0.15, -0.1) is 0 Å². The molecule has 0 radical (unpaired) electrons. The Labute approximate surface area is 89.8 Å². The Morgan fingerprint density at radius 2 is 2.47 bits per heavy atom. The van der Waals surface area contributed by atoms with Crippen LogP contribution >= 0.6 is 0 Å². The lowest BCUT2D eigenvalue weighted by atomic mass is 10.2. The van der Waals surface area contributed by atoms with Crippen molar-refractivity contribution in [2.45, 2.75) is 32.4 Å². The van der Waals surface area contributed by atoms with E-state index < -0.39 is 0 Å². The molecular weight excluding hydrogens is 192 g/mol. The van der Waals surface area contributed by atoms with E-state index in [0.717, 1.165) is 25.3 Å². The second-order valence-electron chi connectivity index (χ2n) is 3.86. The Morgan fingerprint density at radius 3 is 3.20 bits per heavy atom. The van der Waals surface area contributed by atoms with E-state index in [9.17, 15) is 0 Å². The molecule has 1 saturated heterocycles. The normalized spacial score (nSPS) is 22.4. The molecule has 84 valence electrons. The molecule has 2 rings (SSSR count). The Balaban J connectivity index is 2.07. The van der Waals surface area contributed by atoms with Gasteiger partial charge in [-0.05, 0) is 33.0 Å². The van der Waals surface area contributed by atoms with E-state index >= 15 is 0 Å². The summed E-state index contributed by atoms with van der Waals surface area (Å²) in [6.45, 7) is 5.02. The van der Waals surface area contributed by atoms with E-state index in [-0.39, 0.29) is 0 Å². The molecule has 2 heterocycles. The van der Waals surface area contributed by atoms with Crippen LogP contribution in [-0.4, -0.2) is 35.2 Å². The Hall–Kier alpha value is -0.940. The molecule has 1 atom stereocenters. The first-order valence-electron chi connectivity index (χ1n) is 5.56. The third kappa shape index (κ3) is 2.18. The maximum atomic E-state index is 5.16. The van der Waals surface area contributed by atoms with Crippen molar-refractivity contribution in [3.05, 3.63) is 11.7 Å². The lowest BCUT2D eigenvalue weighted by Crippen LogP contribution is -2.23. The van der Waals surface area contributed by atoms with Crippen molar-refractivity contribution in [1.82, 2.24) is 20.4 Å². The number of aromatic nitrogens is 2. The highest BCUT2D eigenvalue weighted by molar-refractivity contribution is 4.97. The predicted molar refractivity (Wildman–Crippen MR) is 56.3 cm³/mol. The van der Waals surface area contributed by atoms with Crippen LogP contribution in [0, 0.1) is 0 Å². The molecule has 5 heteroatoms. The average Bonchev–Trinajstić information content (AvgIpc) is 2.84. The molecule has 0 saturated carbocycles. The zero-order valence-electron chi connectivity index (χ0n) is 9.36.